The average molecular weight is 403 g/mol. The number of benzene rings is 2. The zero-order valence-electron chi connectivity index (χ0n) is 16.9. The molecule has 0 saturated heterocycles. The smallest absolute Gasteiger partial charge is 0.153 e. The van der Waals surface area contributed by atoms with Crippen LogP contribution in [0.5, 0.6) is 0 Å². The molecule has 0 aliphatic carbocycles. The number of allylic oxidation sites excluding steroid dienone is 1. The van der Waals surface area contributed by atoms with Gasteiger partial charge in [0.25, 0.3) is 0 Å². The fourth-order valence-corrected chi connectivity index (χ4v) is 3.78. The predicted octanol–water partition coefficient (Wildman–Crippen LogP) is 3.20. The Balaban J connectivity index is 1.58. The van der Waals surface area contributed by atoms with Gasteiger partial charge in [0.1, 0.15) is 0 Å². The third-order valence-electron chi connectivity index (χ3n) is 5.36. The molecule has 31 heavy (non-hydrogen) atoms. The second-order valence-corrected chi connectivity index (χ2v) is 7.41. The van der Waals surface area contributed by atoms with E-state index < -0.39 is 0 Å². The van der Waals surface area contributed by atoms with Crippen LogP contribution in [0.3, 0.4) is 0 Å². The molecule has 2 aromatic carbocycles. The zero-order valence-corrected chi connectivity index (χ0v) is 16.9. The number of pyridine rings is 1. The molecular formula is C26H21N5. The standard InChI is InChI=1S/C26H21N5/c1-18-8-9-19(13-20(18)6-4-12-27)14-22-16-29-26-11-10-25(30-31(22)26)24-17-28-15-21-5-2-3-7-23(21)24/h2-13,15-17H,1,14,27H2/b12-4-,20-6-. The van der Waals surface area contributed by atoms with Crippen molar-refractivity contribution in [2.45, 2.75) is 6.42 Å². The van der Waals surface area contributed by atoms with Gasteiger partial charge >= 0.3 is 0 Å². The fraction of sp³-hybridized carbons (Fsp3) is 0.0385. The number of fused-ring (bicyclic) bond motifs is 2. The number of hydrogen-bond acceptors (Lipinski definition) is 4. The first kappa shape index (κ1) is 18.8. The molecule has 0 aliphatic heterocycles. The molecule has 5 nitrogen and oxygen atoms in total. The minimum Gasteiger partial charge on any atom is -0.405 e. The summed E-state index contributed by atoms with van der Waals surface area (Å²) in [5.41, 5.74) is 10.3. The Hall–Kier alpha value is -4.25. The maximum Gasteiger partial charge on any atom is 0.153 e. The number of aromatic nitrogens is 4. The highest BCUT2D eigenvalue weighted by atomic mass is 15.3. The molecule has 3 heterocycles. The summed E-state index contributed by atoms with van der Waals surface area (Å²) in [6.45, 7) is 4.09. The van der Waals surface area contributed by atoms with Crippen LogP contribution in [-0.2, 0) is 6.42 Å². The molecule has 0 spiro atoms. The largest absolute Gasteiger partial charge is 0.405 e. The number of rotatable bonds is 4. The molecule has 5 heteroatoms. The molecule has 3 aromatic heterocycles. The first-order valence-corrected chi connectivity index (χ1v) is 10.1. The average Bonchev–Trinajstić information content (AvgIpc) is 3.21. The minimum atomic E-state index is 0.707. The van der Waals surface area contributed by atoms with Gasteiger partial charge in [-0.2, -0.15) is 5.10 Å². The van der Waals surface area contributed by atoms with Crippen molar-refractivity contribution in [1.29, 1.82) is 0 Å². The van der Waals surface area contributed by atoms with Gasteiger partial charge in [-0.25, -0.2) is 9.50 Å². The van der Waals surface area contributed by atoms with Crippen LogP contribution in [0, 0.1) is 0 Å². The van der Waals surface area contributed by atoms with E-state index in [4.69, 9.17) is 10.8 Å². The lowest BCUT2D eigenvalue weighted by molar-refractivity contribution is 0.876. The number of nitrogens with zero attached hydrogens (tertiary/aromatic N) is 4. The maximum absolute atomic E-state index is 5.48. The number of hydrogen-bond donors (Lipinski definition) is 1. The molecule has 0 atom stereocenters. The molecule has 0 aliphatic rings. The third kappa shape index (κ3) is 3.57. The summed E-state index contributed by atoms with van der Waals surface area (Å²) in [4.78, 5) is 8.94. The Kier molecular flexibility index (Phi) is 4.77. The lowest BCUT2D eigenvalue weighted by atomic mass is 10.1. The summed E-state index contributed by atoms with van der Waals surface area (Å²) in [6, 6.07) is 18.4. The van der Waals surface area contributed by atoms with Crippen LogP contribution in [-0.4, -0.2) is 19.6 Å². The van der Waals surface area contributed by atoms with Crippen LogP contribution in [0.15, 0.2) is 85.5 Å². The first-order valence-electron chi connectivity index (χ1n) is 10.1. The zero-order chi connectivity index (χ0) is 21.2. The summed E-state index contributed by atoms with van der Waals surface area (Å²) in [5.74, 6) is 0. The van der Waals surface area contributed by atoms with Crippen molar-refractivity contribution in [3.05, 3.63) is 107 Å². The summed E-state index contributed by atoms with van der Waals surface area (Å²) in [7, 11) is 0. The Morgan fingerprint density at radius 2 is 1.90 bits per heavy atom. The van der Waals surface area contributed by atoms with Gasteiger partial charge in [-0.1, -0.05) is 55.1 Å². The number of nitrogens with two attached hydrogens (primary N) is 1. The van der Waals surface area contributed by atoms with Crippen LogP contribution in [0.2, 0.25) is 0 Å². The van der Waals surface area contributed by atoms with E-state index in [-0.39, 0.29) is 0 Å². The Morgan fingerprint density at radius 3 is 2.81 bits per heavy atom. The lowest BCUT2D eigenvalue weighted by Crippen LogP contribution is -2.23. The van der Waals surface area contributed by atoms with Gasteiger partial charge in [0.15, 0.2) is 5.65 Å². The third-order valence-corrected chi connectivity index (χ3v) is 5.36. The van der Waals surface area contributed by atoms with Crippen molar-refractivity contribution in [2.75, 3.05) is 0 Å². The van der Waals surface area contributed by atoms with Crippen LogP contribution in [0.25, 0.3) is 40.3 Å². The summed E-state index contributed by atoms with van der Waals surface area (Å²) in [6.07, 6.45) is 11.6. The molecule has 2 N–H and O–H groups in total. The molecule has 0 amide bonds. The maximum atomic E-state index is 5.48. The van der Waals surface area contributed by atoms with E-state index >= 15 is 0 Å². The van der Waals surface area contributed by atoms with Gasteiger partial charge in [0.05, 0.1) is 17.6 Å². The molecule has 0 bridgehead atoms. The quantitative estimate of drug-likeness (QED) is 0.500. The van der Waals surface area contributed by atoms with E-state index in [0.29, 0.717) is 6.42 Å². The van der Waals surface area contributed by atoms with Crippen LogP contribution >= 0.6 is 0 Å². The summed E-state index contributed by atoms with van der Waals surface area (Å²) < 4.78 is 1.92. The second-order valence-electron chi connectivity index (χ2n) is 7.41. The summed E-state index contributed by atoms with van der Waals surface area (Å²) >= 11 is 0. The molecule has 0 saturated carbocycles. The van der Waals surface area contributed by atoms with Crippen molar-refractivity contribution in [3.8, 4) is 11.3 Å². The van der Waals surface area contributed by atoms with Crippen LogP contribution in [0.4, 0.5) is 0 Å². The van der Waals surface area contributed by atoms with Crippen molar-refractivity contribution < 1.29 is 0 Å². The van der Waals surface area contributed by atoms with Crippen molar-refractivity contribution in [3.63, 3.8) is 0 Å². The van der Waals surface area contributed by atoms with E-state index in [1.54, 1.807) is 0 Å². The molecule has 5 rings (SSSR count). The van der Waals surface area contributed by atoms with E-state index in [1.807, 2.05) is 65.6 Å². The van der Waals surface area contributed by atoms with Gasteiger partial charge in [0.2, 0.25) is 0 Å². The van der Waals surface area contributed by atoms with E-state index in [1.165, 1.54) is 6.20 Å². The Labute approximate surface area is 179 Å². The first-order chi connectivity index (χ1) is 15.2. The molecule has 5 aromatic rings. The molecule has 0 unspecified atom stereocenters. The highest BCUT2D eigenvalue weighted by Crippen LogP contribution is 2.26. The summed E-state index contributed by atoms with van der Waals surface area (Å²) in [5, 5.41) is 9.14. The molecular weight excluding hydrogens is 382 g/mol. The lowest BCUT2D eigenvalue weighted by Gasteiger charge is -2.07. The molecule has 0 radical (unpaired) electrons. The second kappa shape index (κ2) is 7.88. The highest BCUT2D eigenvalue weighted by molar-refractivity contribution is 5.94. The number of imidazole rings is 1. The molecule has 0 fully saturated rings. The van der Waals surface area contributed by atoms with E-state index in [2.05, 4.69) is 40.8 Å². The van der Waals surface area contributed by atoms with E-state index in [9.17, 15) is 0 Å². The van der Waals surface area contributed by atoms with Crippen molar-refractivity contribution in [2.24, 2.45) is 5.73 Å². The Morgan fingerprint density at radius 1 is 1.00 bits per heavy atom. The van der Waals surface area contributed by atoms with Gasteiger partial charge in [0, 0.05) is 29.8 Å². The monoisotopic (exact) mass is 403 g/mol. The Bertz CT molecular complexity index is 1540. The van der Waals surface area contributed by atoms with Crippen LogP contribution in [0.1, 0.15) is 11.3 Å². The normalized spacial score (nSPS) is 12.3. The van der Waals surface area contributed by atoms with Crippen LogP contribution < -0.4 is 16.2 Å². The molecule has 150 valence electrons. The minimum absolute atomic E-state index is 0.707. The fourth-order valence-electron chi connectivity index (χ4n) is 3.78. The SMILES string of the molecule is C=c1ccc(Cc2cnc3ccc(-c4cncc5ccccc45)nn23)c/c1=C/C=C\N. The van der Waals surface area contributed by atoms with Gasteiger partial charge in [-0.05, 0) is 45.8 Å². The van der Waals surface area contributed by atoms with Crippen molar-refractivity contribution >= 4 is 29.1 Å². The van der Waals surface area contributed by atoms with Gasteiger partial charge in [-0.15, -0.1) is 0 Å². The topological polar surface area (TPSA) is 69.1 Å². The highest BCUT2D eigenvalue weighted by Gasteiger charge is 2.10. The van der Waals surface area contributed by atoms with Gasteiger partial charge < -0.3 is 5.73 Å². The van der Waals surface area contributed by atoms with Crippen molar-refractivity contribution in [1.82, 2.24) is 19.6 Å². The van der Waals surface area contributed by atoms with Gasteiger partial charge in [-0.3, -0.25) is 4.98 Å². The predicted molar refractivity (Wildman–Crippen MR) is 126 cm³/mol. The van der Waals surface area contributed by atoms with E-state index in [0.717, 1.165) is 49.4 Å².